The molecule has 0 aliphatic rings. The Labute approximate surface area is 159 Å². The van der Waals surface area contributed by atoms with Crippen LogP contribution in [0.5, 0.6) is 0 Å². The maximum atomic E-state index is 10.6. The largest absolute Gasteiger partial charge is 0.369 e. The van der Waals surface area contributed by atoms with E-state index in [9.17, 15) is 9.59 Å². The Morgan fingerprint density at radius 3 is 1.96 bits per heavy atom. The second-order valence-electron chi connectivity index (χ2n) is 4.75. The third kappa shape index (κ3) is 6.97. The van der Waals surface area contributed by atoms with Crippen LogP contribution in [0.4, 0.5) is 0 Å². The average Bonchev–Trinajstić information content (AvgIpc) is 2.47. The van der Waals surface area contributed by atoms with Gasteiger partial charge in [0.05, 0.1) is 32.9 Å². The quantitative estimate of drug-likeness (QED) is 0.800. The zero-order valence-electron chi connectivity index (χ0n) is 12.4. The summed E-state index contributed by atoms with van der Waals surface area (Å²) in [6.45, 7) is 0. The van der Waals surface area contributed by atoms with Crippen LogP contribution in [0.15, 0.2) is 36.4 Å². The van der Waals surface area contributed by atoms with Crippen molar-refractivity contribution in [1.29, 1.82) is 0 Å². The highest BCUT2D eigenvalue weighted by Gasteiger charge is 2.06. The maximum Gasteiger partial charge on any atom is 0.221 e. The zero-order valence-corrected chi connectivity index (χ0v) is 15.4. The van der Waals surface area contributed by atoms with Crippen molar-refractivity contribution in [3.05, 3.63) is 67.6 Å². The minimum atomic E-state index is -0.417. The van der Waals surface area contributed by atoms with Gasteiger partial charge in [0.2, 0.25) is 11.8 Å². The van der Waals surface area contributed by atoms with E-state index in [-0.39, 0.29) is 18.7 Å². The van der Waals surface area contributed by atoms with Crippen LogP contribution in [-0.2, 0) is 22.4 Å². The first-order valence-corrected chi connectivity index (χ1v) is 8.15. The molecular formula is C16H14Cl4N2O2. The Hall–Kier alpha value is -1.46. The molecule has 0 unspecified atom stereocenters. The van der Waals surface area contributed by atoms with Gasteiger partial charge in [0.25, 0.3) is 0 Å². The minimum Gasteiger partial charge on any atom is -0.369 e. The molecule has 24 heavy (non-hydrogen) atoms. The third-order valence-electron chi connectivity index (χ3n) is 2.76. The number of rotatable bonds is 4. The fourth-order valence-corrected chi connectivity index (χ4v) is 2.43. The van der Waals surface area contributed by atoms with Gasteiger partial charge >= 0.3 is 0 Å². The SMILES string of the molecule is NC(=O)Cc1ccc(Cl)c(Cl)c1.NC(=O)Cc1cccc(Cl)c1Cl. The number of carbonyl (C=O) groups excluding carboxylic acids is 2. The second-order valence-corrected chi connectivity index (χ2v) is 6.35. The number of halogens is 4. The van der Waals surface area contributed by atoms with Crippen LogP contribution < -0.4 is 11.5 Å². The first-order valence-electron chi connectivity index (χ1n) is 6.64. The van der Waals surface area contributed by atoms with Crippen molar-refractivity contribution in [2.45, 2.75) is 12.8 Å². The molecule has 0 spiro atoms. The summed E-state index contributed by atoms with van der Waals surface area (Å²) in [5.41, 5.74) is 11.4. The van der Waals surface area contributed by atoms with Gasteiger partial charge < -0.3 is 11.5 Å². The highest BCUT2D eigenvalue weighted by Crippen LogP contribution is 2.25. The van der Waals surface area contributed by atoms with E-state index in [1.165, 1.54) is 0 Å². The van der Waals surface area contributed by atoms with Gasteiger partial charge in [0, 0.05) is 0 Å². The highest BCUT2D eigenvalue weighted by molar-refractivity contribution is 6.42. The highest BCUT2D eigenvalue weighted by atomic mass is 35.5. The summed E-state index contributed by atoms with van der Waals surface area (Å²) in [4.78, 5) is 21.1. The van der Waals surface area contributed by atoms with Crippen LogP contribution in [-0.4, -0.2) is 11.8 Å². The van der Waals surface area contributed by atoms with Gasteiger partial charge in [-0.1, -0.05) is 64.6 Å². The van der Waals surface area contributed by atoms with Gasteiger partial charge in [-0.05, 0) is 29.3 Å². The molecule has 0 radical (unpaired) electrons. The summed E-state index contributed by atoms with van der Waals surface area (Å²) >= 11 is 22.9. The standard InChI is InChI=1S/2C8H7Cl2NO/c9-6-2-1-5(3-7(6)10)4-8(11)12;9-6-3-1-2-5(8(6)10)4-7(11)12/h2*1-3H,4H2,(H2,11,12). The van der Waals surface area contributed by atoms with Gasteiger partial charge in [0.15, 0.2) is 0 Å². The van der Waals surface area contributed by atoms with Gasteiger partial charge in [-0.15, -0.1) is 0 Å². The molecule has 2 aromatic carbocycles. The fraction of sp³-hybridized carbons (Fsp3) is 0.125. The van der Waals surface area contributed by atoms with Gasteiger partial charge in [-0.2, -0.15) is 0 Å². The fourth-order valence-electron chi connectivity index (χ4n) is 1.72. The lowest BCUT2D eigenvalue weighted by atomic mass is 10.1. The molecule has 0 heterocycles. The molecular weight excluding hydrogens is 394 g/mol. The Morgan fingerprint density at radius 1 is 0.792 bits per heavy atom. The van der Waals surface area contributed by atoms with E-state index in [1.807, 2.05) is 0 Å². The molecule has 0 bridgehead atoms. The Kier molecular flexibility index (Phi) is 8.36. The predicted molar refractivity (Wildman–Crippen MR) is 98.7 cm³/mol. The number of hydrogen-bond donors (Lipinski definition) is 2. The first-order chi connectivity index (χ1) is 11.2. The van der Waals surface area contributed by atoms with E-state index in [4.69, 9.17) is 57.9 Å². The molecule has 4 N–H and O–H groups in total. The summed E-state index contributed by atoms with van der Waals surface area (Å²) in [5, 5.41) is 1.76. The summed E-state index contributed by atoms with van der Waals surface area (Å²) in [6, 6.07) is 10.1. The van der Waals surface area contributed by atoms with Crippen molar-refractivity contribution < 1.29 is 9.59 Å². The molecule has 2 aromatic rings. The molecule has 0 aliphatic heterocycles. The lowest BCUT2D eigenvalue weighted by Crippen LogP contribution is -2.13. The van der Waals surface area contributed by atoms with Crippen molar-refractivity contribution >= 4 is 58.2 Å². The lowest BCUT2D eigenvalue weighted by molar-refractivity contribution is -0.118. The van der Waals surface area contributed by atoms with Crippen LogP contribution in [0.2, 0.25) is 20.1 Å². The summed E-state index contributed by atoms with van der Waals surface area (Å²) in [5.74, 6) is -0.799. The van der Waals surface area contributed by atoms with Crippen LogP contribution >= 0.6 is 46.4 Å². The lowest BCUT2D eigenvalue weighted by Gasteiger charge is -2.01. The van der Waals surface area contributed by atoms with E-state index in [0.29, 0.717) is 25.7 Å². The van der Waals surface area contributed by atoms with Crippen LogP contribution in [0.25, 0.3) is 0 Å². The first kappa shape index (κ1) is 20.6. The molecule has 0 fully saturated rings. The molecule has 0 saturated carbocycles. The third-order valence-corrected chi connectivity index (χ3v) is 4.36. The topological polar surface area (TPSA) is 86.2 Å². The van der Waals surface area contributed by atoms with Crippen LogP contribution in [0, 0.1) is 0 Å². The Bertz CT molecular complexity index is 751. The zero-order chi connectivity index (χ0) is 18.3. The number of amides is 2. The molecule has 0 saturated heterocycles. The number of primary amides is 2. The molecule has 2 rings (SSSR count). The smallest absolute Gasteiger partial charge is 0.221 e. The van der Waals surface area contributed by atoms with Crippen molar-refractivity contribution in [3.8, 4) is 0 Å². The summed E-state index contributed by atoms with van der Waals surface area (Å²) in [6.07, 6.45) is 0.316. The predicted octanol–water partition coefficient (Wildman–Crippen LogP) is 4.04. The van der Waals surface area contributed by atoms with E-state index < -0.39 is 5.91 Å². The number of benzene rings is 2. The van der Waals surface area contributed by atoms with Crippen LogP contribution in [0.3, 0.4) is 0 Å². The number of hydrogen-bond acceptors (Lipinski definition) is 2. The second kappa shape index (κ2) is 9.74. The maximum absolute atomic E-state index is 10.6. The van der Waals surface area contributed by atoms with Crippen molar-refractivity contribution in [1.82, 2.24) is 0 Å². The monoisotopic (exact) mass is 406 g/mol. The van der Waals surface area contributed by atoms with E-state index in [0.717, 1.165) is 5.56 Å². The van der Waals surface area contributed by atoms with Crippen molar-refractivity contribution in [2.75, 3.05) is 0 Å². The molecule has 0 aromatic heterocycles. The van der Waals surface area contributed by atoms with Gasteiger partial charge in [-0.3, -0.25) is 9.59 Å². The normalized spacial score (nSPS) is 9.83. The van der Waals surface area contributed by atoms with Gasteiger partial charge in [0.1, 0.15) is 0 Å². The average molecular weight is 408 g/mol. The van der Waals surface area contributed by atoms with Crippen molar-refractivity contribution in [3.63, 3.8) is 0 Å². The van der Waals surface area contributed by atoms with Crippen LogP contribution in [0.1, 0.15) is 11.1 Å². The molecule has 0 aliphatic carbocycles. The molecule has 2 amide bonds. The van der Waals surface area contributed by atoms with Crippen molar-refractivity contribution in [2.24, 2.45) is 11.5 Å². The molecule has 8 heteroatoms. The van der Waals surface area contributed by atoms with Gasteiger partial charge in [-0.25, -0.2) is 0 Å². The Balaban J connectivity index is 0.000000240. The Morgan fingerprint density at radius 2 is 1.42 bits per heavy atom. The minimum absolute atomic E-state index is 0.124. The number of carbonyl (C=O) groups is 2. The van der Waals surface area contributed by atoms with E-state index in [1.54, 1.807) is 36.4 Å². The molecule has 4 nitrogen and oxygen atoms in total. The number of nitrogens with two attached hydrogens (primary N) is 2. The molecule has 128 valence electrons. The van der Waals surface area contributed by atoms with E-state index >= 15 is 0 Å². The molecule has 0 atom stereocenters. The summed E-state index contributed by atoms with van der Waals surface area (Å²) in [7, 11) is 0. The van der Waals surface area contributed by atoms with E-state index in [2.05, 4.69) is 0 Å². The summed E-state index contributed by atoms with van der Waals surface area (Å²) < 4.78 is 0.